The quantitative estimate of drug-likeness (QED) is 0.381. The molecule has 2 N–H and O–H groups in total. The number of hydrogen-bond acceptors (Lipinski definition) is 11. The summed E-state index contributed by atoms with van der Waals surface area (Å²) in [5.41, 5.74) is 1.21. The number of allylic oxidation sites excluding steroid dienone is 2. The zero-order chi connectivity index (χ0) is 26.8. The molecule has 210 valence electrons. The monoisotopic (exact) mass is 558 g/mol. The summed E-state index contributed by atoms with van der Waals surface area (Å²) in [7, 11) is 2.16. The Morgan fingerprint density at radius 1 is 1.10 bits per heavy atom. The summed E-state index contributed by atoms with van der Waals surface area (Å²) in [6, 6.07) is 3.82. The lowest BCUT2D eigenvalue weighted by atomic mass is 10.1. The molecule has 4 aliphatic rings. The molecule has 0 spiro atoms. The van der Waals surface area contributed by atoms with E-state index in [0.717, 1.165) is 51.3 Å². The van der Waals surface area contributed by atoms with E-state index in [1.54, 1.807) is 0 Å². The maximum absolute atomic E-state index is 6.71. The molecule has 0 radical (unpaired) electrons. The van der Waals surface area contributed by atoms with Crippen LogP contribution in [0.2, 0.25) is 0 Å². The van der Waals surface area contributed by atoms with Crippen molar-refractivity contribution in [2.24, 2.45) is 5.84 Å². The average molecular weight is 559 g/mol. The maximum atomic E-state index is 6.71. The Morgan fingerprint density at radius 2 is 1.92 bits per heavy atom. The average Bonchev–Trinajstić information content (AvgIpc) is 3.43. The number of piperazine rings is 1. The third-order valence-electron chi connectivity index (χ3n) is 7.59. The molecule has 39 heavy (non-hydrogen) atoms. The molecule has 12 heteroatoms. The van der Waals surface area contributed by atoms with Crippen molar-refractivity contribution in [3.8, 4) is 11.5 Å². The van der Waals surface area contributed by atoms with E-state index in [-0.39, 0.29) is 12.9 Å². The van der Waals surface area contributed by atoms with Gasteiger partial charge in [0.2, 0.25) is 6.79 Å². The van der Waals surface area contributed by atoms with E-state index in [2.05, 4.69) is 26.8 Å². The molecule has 3 aliphatic heterocycles. The maximum Gasteiger partial charge on any atom is 0.230 e. The molecule has 2 saturated heterocycles. The van der Waals surface area contributed by atoms with Crippen LogP contribution in [0.15, 0.2) is 40.7 Å². The molecule has 0 bridgehead atoms. The zero-order valence-electron chi connectivity index (χ0n) is 22.2. The van der Waals surface area contributed by atoms with Crippen LogP contribution in [0.5, 0.6) is 11.5 Å². The molecule has 0 unspecified atom stereocenters. The number of hydrazine groups is 1. The number of aromatic nitrogens is 2. The van der Waals surface area contributed by atoms with Crippen molar-refractivity contribution < 1.29 is 23.7 Å². The second kappa shape index (κ2) is 11.7. The summed E-state index contributed by atoms with van der Waals surface area (Å²) in [4.78, 5) is 13.9. The molecule has 2 fully saturated rings. The van der Waals surface area contributed by atoms with E-state index in [1.807, 2.05) is 12.1 Å². The van der Waals surface area contributed by atoms with Gasteiger partial charge in [-0.05, 0) is 13.5 Å². The van der Waals surface area contributed by atoms with Crippen LogP contribution < -0.4 is 20.3 Å². The van der Waals surface area contributed by atoms with E-state index in [4.69, 9.17) is 41.1 Å². The molecule has 0 saturated carbocycles. The molecule has 4 heterocycles. The molecule has 1 aromatic carbocycles. The fraction of sp³-hybridized carbons (Fsp3) is 0.556. The summed E-state index contributed by atoms with van der Waals surface area (Å²) < 4.78 is 29.7. The minimum absolute atomic E-state index is 0.000167. The highest BCUT2D eigenvalue weighted by Crippen LogP contribution is 2.42. The highest BCUT2D eigenvalue weighted by Gasteiger charge is 2.33. The Labute approximate surface area is 233 Å². The van der Waals surface area contributed by atoms with Gasteiger partial charge < -0.3 is 28.6 Å². The summed E-state index contributed by atoms with van der Waals surface area (Å²) in [6.45, 7) is 7.13. The highest BCUT2D eigenvalue weighted by atomic mass is 35.5. The normalized spacial score (nSPS) is 21.1. The van der Waals surface area contributed by atoms with Gasteiger partial charge in [0, 0.05) is 69.2 Å². The molecular formula is C27H35ClN6O5. The number of likely N-dealkylation sites (N-methyl/N-ethyl adjacent to an activating group) is 1. The van der Waals surface area contributed by atoms with Gasteiger partial charge in [-0.2, -0.15) is 0 Å². The number of halogens is 1. The van der Waals surface area contributed by atoms with Gasteiger partial charge in [0.15, 0.2) is 11.6 Å². The van der Waals surface area contributed by atoms with Gasteiger partial charge in [0.1, 0.15) is 42.0 Å². The first-order valence-corrected chi connectivity index (χ1v) is 13.9. The third kappa shape index (κ3) is 5.73. The lowest BCUT2D eigenvalue weighted by Crippen LogP contribution is -2.45. The predicted molar refractivity (Wildman–Crippen MR) is 146 cm³/mol. The predicted octanol–water partition coefficient (Wildman–Crippen LogP) is 2.95. The summed E-state index contributed by atoms with van der Waals surface area (Å²) in [5.74, 6) is 9.78. The molecule has 1 aliphatic carbocycles. The third-order valence-corrected chi connectivity index (χ3v) is 7.96. The Hall–Kier alpha value is -2.83. The Balaban J connectivity index is 1.31. The lowest BCUT2D eigenvalue weighted by Gasteiger charge is -2.32. The summed E-state index contributed by atoms with van der Waals surface area (Å²) in [6.07, 6.45) is 4.35. The van der Waals surface area contributed by atoms with Crippen molar-refractivity contribution in [1.29, 1.82) is 0 Å². The van der Waals surface area contributed by atoms with E-state index in [9.17, 15) is 0 Å². The number of nitrogens with zero attached hydrogens (tertiary/aromatic N) is 5. The fourth-order valence-corrected chi connectivity index (χ4v) is 5.58. The van der Waals surface area contributed by atoms with Crippen LogP contribution in [-0.2, 0) is 14.2 Å². The van der Waals surface area contributed by atoms with Gasteiger partial charge in [0.25, 0.3) is 0 Å². The Morgan fingerprint density at radius 3 is 2.74 bits per heavy atom. The number of fused-ring (bicyclic) bond motifs is 1. The van der Waals surface area contributed by atoms with E-state index < -0.39 is 0 Å². The van der Waals surface area contributed by atoms with Gasteiger partial charge in [-0.3, -0.25) is 9.91 Å². The Kier molecular flexibility index (Phi) is 7.94. The van der Waals surface area contributed by atoms with Gasteiger partial charge in [-0.1, -0.05) is 11.6 Å². The van der Waals surface area contributed by atoms with Crippen LogP contribution in [0.1, 0.15) is 25.7 Å². The topological polar surface area (TPSA) is 108 Å². The number of nitrogens with two attached hydrogens (primary N) is 1. The molecule has 6 rings (SSSR count). The number of anilines is 1. The first-order chi connectivity index (χ1) is 19.1. The second-order valence-electron chi connectivity index (χ2n) is 10.2. The number of benzene rings is 1. The SMILES string of the molecule is CN1CCN(CCOc2cc(OC3CCOCC3)c3c(N(N)C4=C(Cl)CCC5=C4OCO5)ncnc3c2)CC1. The fourth-order valence-electron chi connectivity index (χ4n) is 5.31. The summed E-state index contributed by atoms with van der Waals surface area (Å²) >= 11 is 6.67. The van der Waals surface area contributed by atoms with Crippen molar-refractivity contribution in [2.75, 3.05) is 71.4 Å². The smallest absolute Gasteiger partial charge is 0.230 e. The van der Waals surface area contributed by atoms with Crippen molar-refractivity contribution in [3.05, 3.63) is 40.7 Å². The van der Waals surface area contributed by atoms with Gasteiger partial charge >= 0.3 is 0 Å². The number of ether oxygens (including phenoxy) is 5. The number of hydrogen-bond donors (Lipinski definition) is 1. The molecule has 2 aromatic rings. The second-order valence-corrected chi connectivity index (χ2v) is 10.7. The zero-order valence-corrected chi connectivity index (χ0v) is 23.0. The van der Waals surface area contributed by atoms with Crippen molar-refractivity contribution in [1.82, 2.24) is 19.8 Å². The number of rotatable bonds is 8. The minimum atomic E-state index is 0.000167. The first kappa shape index (κ1) is 26.4. The van der Waals surface area contributed by atoms with Gasteiger partial charge in [-0.25, -0.2) is 15.8 Å². The van der Waals surface area contributed by atoms with Crippen LogP contribution in [0, 0.1) is 0 Å². The highest BCUT2D eigenvalue weighted by molar-refractivity contribution is 6.30. The van der Waals surface area contributed by atoms with Crippen LogP contribution in [0.25, 0.3) is 10.9 Å². The van der Waals surface area contributed by atoms with E-state index in [1.165, 1.54) is 11.3 Å². The van der Waals surface area contributed by atoms with Crippen LogP contribution >= 0.6 is 11.6 Å². The van der Waals surface area contributed by atoms with Crippen molar-refractivity contribution in [2.45, 2.75) is 31.8 Å². The molecule has 0 atom stereocenters. The van der Waals surface area contributed by atoms with Crippen LogP contribution in [0.3, 0.4) is 0 Å². The largest absolute Gasteiger partial charge is 0.492 e. The Bertz CT molecular complexity index is 1260. The van der Waals surface area contributed by atoms with Crippen molar-refractivity contribution >= 4 is 28.3 Å². The molecule has 0 amide bonds. The lowest BCUT2D eigenvalue weighted by molar-refractivity contribution is 0.0261. The van der Waals surface area contributed by atoms with Crippen molar-refractivity contribution in [3.63, 3.8) is 0 Å². The van der Waals surface area contributed by atoms with E-state index in [0.29, 0.717) is 77.4 Å². The van der Waals surface area contributed by atoms with Gasteiger partial charge in [0.05, 0.1) is 24.1 Å². The van der Waals surface area contributed by atoms with Crippen LogP contribution in [-0.4, -0.2) is 92.3 Å². The molecule has 1 aromatic heterocycles. The summed E-state index contributed by atoms with van der Waals surface area (Å²) in [5, 5.41) is 2.73. The van der Waals surface area contributed by atoms with Crippen LogP contribution in [0.4, 0.5) is 5.82 Å². The molecular weight excluding hydrogens is 524 g/mol. The molecule has 11 nitrogen and oxygen atoms in total. The standard InChI is InChI=1S/C27H35ClN6O5/c1-32-6-8-33(9-7-32)10-13-36-19-14-21-24(23(15-19)39-18-4-11-35-12-5-18)27(31-16-30-21)34(29)25-20(28)2-3-22-26(25)38-17-37-22/h14-16,18H,2-13,17,29H2,1H3. The first-order valence-electron chi connectivity index (χ1n) is 13.6. The minimum Gasteiger partial charge on any atom is -0.492 e. The van der Waals surface area contributed by atoms with E-state index >= 15 is 0 Å². The van der Waals surface area contributed by atoms with Gasteiger partial charge in [-0.15, -0.1) is 0 Å².